The summed E-state index contributed by atoms with van der Waals surface area (Å²) in [5, 5.41) is 10.7. The molecule has 6 aromatic rings. The fourth-order valence-corrected chi connectivity index (χ4v) is 8.70. The Bertz CT molecular complexity index is 2380. The monoisotopic (exact) mass is 965 g/mol. The molecule has 0 unspecified atom stereocenters. The molecule has 0 radical (unpaired) electrons. The molecular weight excluding hydrogens is 879 g/mol. The van der Waals surface area contributed by atoms with E-state index in [4.69, 9.17) is 20.6 Å². The number of nitrogens with zero attached hydrogens (tertiary/aromatic N) is 4. The number of rotatable bonds is 14. The summed E-state index contributed by atoms with van der Waals surface area (Å²) in [7, 11) is 0. The average molecular weight is 965 g/mol. The van der Waals surface area contributed by atoms with Gasteiger partial charge < -0.3 is 26.3 Å². The SMILES string of the molecule is Cc1ccc(C(=Nc2c(C(C)C)cccc2C(C)C)[N-]c2c(C(C)C)cccc2C(C)C)cc1.Cc1ccc(C(=Nc2c(C(C)C)cccc2C(C)C)[N-]c2c(C(C)C)cccc2C(C)C)cc1.[Al+3].[Al+3].[H-].[H-].[H-].[H-]. The topological polar surface area (TPSA) is 52.9 Å². The molecule has 0 atom stereocenters. The van der Waals surface area contributed by atoms with Gasteiger partial charge in [-0.15, -0.1) is 0 Å². The summed E-state index contributed by atoms with van der Waals surface area (Å²) in [6.45, 7) is 40.1. The number of hydrogen-bond donors (Lipinski definition) is 0. The molecule has 70 heavy (non-hydrogen) atoms. The van der Waals surface area contributed by atoms with E-state index in [0.717, 1.165) is 45.5 Å². The van der Waals surface area contributed by atoms with Crippen molar-refractivity contribution in [1.82, 2.24) is 0 Å². The van der Waals surface area contributed by atoms with Gasteiger partial charge in [-0.2, -0.15) is 0 Å². The maximum absolute atomic E-state index is 5.35. The Kier molecular flexibility index (Phi) is 23.2. The van der Waals surface area contributed by atoms with Gasteiger partial charge in [-0.3, -0.25) is 0 Å². The minimum atomic E-state index is 0. The van der Waals surface area contributed by atoms with Crippen LogP contribution in [0.25, 0.3) is 10.6 Å². The van der Waals surface area contributed by atoms with Crippen LogP contribution in [0.5, 0.6) is 0 Å². The molecule has 0 saturated heterocycles. The zero-order chi connectivity index (χ0) is 50.0. The quantitative estimate of drug-likeness (QED) is 0.0593. The fourth-order valence-electron chi connectivity index (χ4n) is 8.70. The molecule has 6 heteroatoms. The van der Waals surface area contributed by atoms with E-state index in [0.29, 0.717) is 47.3 Å². The van der Waals surface area contributed by atoms with Crippen LogP contribution in [0, 0.1) is 13.8 Å². The van der Waals surface area contributed by atoms with Crippen LogP contribution >= 0.6 is 0 Å². The molecule has 0 saturated carbocycles. The standard InChI is InChI=1S/2C32H41N2.2Al.4H/c2*1-20(2)26-12-10-13-27(21(3)4)30(26)33-32(25-18-16-24(9)17-19-25)34-31-28(22(5)6)14-11-15-29(31)23(7)8;;;;;;/h2*10-23H,1-9H3;;;;;;/q2*-1;2*+3;4*-1. The number of aliphatic imine (C=N–C) groups is 2. The maximum atomic E-state index is 5.35. The zero-order valence-corrected chi connectivity index (χ0v) is 48.4. The van der Waals surface area contributed by atoms with E-state index in [-0.39, 0.29) is 40.4 Å². The number of hydrogen-bond acceptors (Lipinski definition) is 2. The van der Waals surface area contributed by atoms with Crippen LogP contribution in [-0.4, -0.2) is 46.4 Å². The number of benzene rings is 6. The van der Waals surface area contributed by atoms with Crippen LogP contribution < -0.4 is 0 Å². The van der Waals surface area contributed by atoms with Crippen molar-refractivity contribution in [1.29, 1.82) is 0 Å². The van der Waals surface area contributed by atoms with E-state index in [9.17, 15) is 0 Å². The summed E-state index contributed by atoms with van der Waals surface area (Å²) < 4.78 is 0. The van der Waals surface area contributed by atoms with Crippen molar-refractivity contribution in [3.63, 3.8) is 0 Å². The minimum absolute atomic E-state index is 0. The second-order valence-electron chi connectivity index (χ2n) is 21.2. The summed E-state index contributed by atoms with van der Waals surface area (Å²) in [6, 6.07) is 43.5. The molecule has 0 spiro atoms. The first-order valence-electron chi connectivity index (χ1n) is 25.5. The normalized spacial score (nSPS) is 12.0. The van der Waals surface area contributed by atoms with E-state index in [2.05, 4.69) is 246 Å². The van der Waals surface area contributed by atoms with Crippen LogP contribution in [0.15, 0.2) is 131 Å². The first-order chi connectivity index (χ1) is 32.2. The molecule has 0 aromatic heterocycles. The van der Waals surface area contributed by atoms with Crippen molar-refractivity contribution in [2.45, 2.75) is 172 Å². The van der Waals surface area contributed by atoms with E-state index in [1.807, 2.05) is 0 Å². The smallest absolute Gasteiger partial charge is 1.00 e. The largest absolute Gasteiger partial charge is 3.00 e. The molecule has 0 aliphatic heterocycles. The Morgan fingerprint density at radius 3 is 0.714 bits per heavy atom. The number of aryl methyl sites for hydroxylation is 2. The molecule has 0 fully saturated rings. The summed E-state index contributed by atoms with van der Waals surface area (Å²) in [6.07, 6.45) is 0. The number of amidine groups is 2. The molecular formula is C64H86Al2N4. The van der Waals surface area contributed by atoms with Gasteiger partial charge in [-0.25, -0.2) is 0 Å². The van der Waals surface area contributed by atoms with Gasteiger partial charge in [0, 0.05) is 0 Å². The van der Waals surface area contributed by atoms with Crippen LogP contribution in [0.4, 0.5) is 22.7 Å². The third kappa shape index (κ3) is 15.2. The Balaban J connectivity index is 0. The van der Waals surface area contributed by atoms with Crippen molar-refractivity contribution in [3.05, 3.63) is 199 Å². The Morgan fingerprint density at radius 1 is 0.314 bits per heavy atom. The van der Waals surface area contributed by atoms with Gasteiger partial charge in [0.15, 0.2) is 0 Å². The fraction of sp³-hybridized carbons (Fsp3) is 0.406. The van der Waals surface area contributed by atoms with E-state index < -0.39 is 0 Å². The van der Waals surface area contributed by atoms with E-state index in [1.165, 1.54) is 55.6 Å². The molecule has 0 amide bonds. The van der Waals surface area contributed by atoms with Gasteiger partial charge in [-0.1, -0.05) is 255 Å². The Hall–Kier alpha value is -4.68. The second kappa shape index (κ2) is 27.2. The Morgan fingerprint density at radius 2 is 0.514 bits per heavy atom. The van der Waals surface area contributed by atoms with E-state index in [1.54, 1.807) is 0 Å². The Labute approximate surface area is 453 Å². The van der Waals surface area contributed by atoms with Gasteiger partial charge in [0.25, 0.3) is 0 Å². The average Bonchev–Trinajstić information content (AvgIpc) is 3.28. The van der Waals surface area contributed by atoms with Crippen molar-refractivity contribution < 1.29 is 5.71 Å². The molecule has 0 N–H and O–H groups in total. The third-order valence-electron chi connectivity index (χ3n) is 12.9. The predicted octanol–water partition coefficient (Wildman–Crippen LogP) is 20.2. The molecule has 0 heterocycles. The van der Waals surface area contributed by atoms with Crippen molar-refractivity contribution >= 4 is 69.1 Å². The first-order valence-corrected chi connectivity index (χ1v) is 25.5. The third-order valence-corrected chi connectivity index (χ3v) is 12.9. The zero-order valence-electron chi connectivity index (χ0n) is 50.1. The first kappa shape index (κ1) is 59.6. The van der Waals surface area contributed by atoms with Gasteiger partial charge in [0.2, 0.25) is 0 Å². The van der Waals surface area contributed by atoms with Crippen LogP contribution in [-0.2, 0) is 0 Å². The summed E-state index contributed by atoms with van der Waals surface area (Å²) in [5.74, 6) is 4.61. The molecule has 6 rings (SSSR count). The predicted molar refractivity (Wildman–Crippen MR) is 315 cm³/mol. The molecule has 6 aromatic carbocycles. The van der Waals surface area contributed by atoms with E-state index >= 15 is 0 Å². The van der Waals surface area contributed by atoms with Crippen molar-refractivity contribution in [2.75, 3.05) is 0 Å². The van der Waals surface area contributed by atoms with Crippen molar-refractivity contribution in [2.24, 2.45) is 9.98 Å². The van der Waals surface area contributed by atoms with Crippen LogP contribution in [0.3, 0.4) is 0 Å². The number of para-hydroxylation sites is 4. The molecule has 0 aliphatic carbocycles. The molecule has 0 aliphatic rings. The molecule has 0 bridgehead atoms. The van der Waals surface area contributed by atoms with Gasteiger partial charge >= 0.3 is 34.7 Å². The van der Waals surface area contributed by atoms with Gasteiger partial charge in [-0.05, 0) is 140 Å². The van der Waals surface area contributed by atoms with Gasteiger partial charge in [0.1, 0.15) is 0 Å². The summed E-state index contributed by atoms with van der Waals surface area (Å²) in [4.78, 5) is 10.7. The summed E-state index contributed by atoms with van der Waals surface area (Å²) >= 11 is 0. The van der Waals surface area contributed by atoms with Crippen LogP contribution in [0.2, 0.25) is 0 Å². The van der Waals surface area contributed by atoms with Crippen molar-refractivity contribution in [3.8, 4) is 0 Å². The maximum Gasteiger partial charge on any atom is 3.00 e. The second-order valence-corrected chi connectivity index (χ2v) is 21.2. The molecule has 368 valence electrons. The summed E-state index contributed by atoms with van der Waals surface area (Å²) in [5.41, 5.74) is 19.0. The van der Waals surface area contributed by atoms with Gasteiger partial charge in [0.05, 0.1) is 0 Å². The molecule has 4 nitrogen and oxygen atoms in total. The van der Waals surface area contributed by atoms with Crippen LogP contribution in [0.1, 0.15) is 231 Å². The minimum Gasteiger partial charge on any atom is -1.00 e.